The molecule has 0 aliphatic carbocycles. The van der Waals surface area contributed by atoms with Crippen molar-refractivity contribution in [1.82, 2.24) is 0 Å². The van der Waals surface area contributed by atoms with Crippen molar-refractivity contribution in [2.24, 2.45) is 5.92 Å². The minimum Gasteiger partial charge on any atom is -0.550 e. The number of nitrogens with zero attached hydrogens (tertiary/aromatic N) is 1. The SMILES string of the molecule is CCCCCCCCCCCCCCOC(=O)OC(CCC(=O)[O-])C[N+]12CCC(CC1)CC2. The molecular formula is C27H49NO5. The van der Waals surface area contributed by atoms with E-state index in [0.717, 1.165) is 42.9 Å². The standard InChI is InChI=1S/C27H49NO5/c1-2-3-4-5-6-7-8-9-10-11-12-13-22-32-27(31)33-25(14-15-26(29)30)23-28-19-16-24(17-20-28)18-21-28/h24-25H,2-23H2,1H3. The zero-order chi connectivity index (χ0) is 23.8. The summed E-state index contributed by atoms with van der Waals surface area (Å²) in [6.07, 6.45) is 18.1. The number of carbonyl (C=O) groups excluding carboxylic acids is 2. The molecule has 6 nitrogen and oxygen atoms in total. The van der Waals surface area contributed by atoms with Crippen molar-refractivity contribution >= 4 is 12.1 Å². The van der Waals surface area contributed by atoms with Gasteiger partial charge in [-0.25, -0.2) is 4.79 Å². The van der Waals surface area contributed by atoms with E-state index in [9.17, 15) is 14.7 Å². The highest BCUT2D eigenvalue weighted by atomic mass is 16.7. The van der Waals surface area contributed by atoms with Gasteiger partial charge in [0.05, 0.1) is 26.2 Å². The fraction of sp³-hybridized carbons (Fsp3) is 0.926. The van der Waals surface area contributed by atoms with Crippen molar-refractivity contribution in [3.8, 4) is 0 Å². The molecule has 1 atom stereocenters. The molecule has 2 bridgehead atoms. The Kier molecular flexibility index (Phi) is 13.8. The Morgan fingerprint density at radius 1 is 0.848 bits per heavy atom. The van der Waals surface area contributed by atoms with Crippen LogP contribution < -0.4 is 5.11 Å². The van der Waals surface area contributed by atoms with Crippen LogP contribution in [-0.4, -0.2) is 55.5 Å². The Morgan fingerprint density at radius 3 is 1.88 bits per heavy atom. The first-order chi connectivity index (χ1) is 16.0. The Morgan fingerprint density at radius 2 is 1.36 bits per heavy atom. The molecule has 0 aromatic rings. The van der Waals surface area contributed by atoms with E-state index in [4.69, 9.17) is 9.47 Å². The van der Waals surface area contributed by atoms with Crippen LogP contribution in [0.25, 0.3) is 0 Å². The van der Waals surface area contributed by atoms with Gasteiger partial charge in [0.25, 0.3) is 0 Å². The predicted molar refractivity (Wildman–Crippen MR) is 129 cm³/mol. The molecule has 0 radical (unpaired) electrons. The molecule has 3 fully saturated rings. The first-order valence-electron chi connectivity index (χ1n) is 13.9. The predicted octanol–water partition coefficient (Wildman–Crippen LogP) is 5.37. The molecule has 0 amide bonds. The van der Waals surface area contributed by atoms with Gasteiger partial charge < -0.3 is 23.9 Å². The average Bonchev–Trinajstić information content (AvgIpc) is 2.81. The van der Waals surface area contributed by atoms with E-state index in [-0.39, 0.29) is 6.42 Å². The summed E-state index contributed by atoms with van der Waals surface area (Å²) >= 11 is 0. The lowest BCUT2D eigenvalue weighted by atomic mass is 9.85. The third kappa shape index (κ3) is 12.1. The quantitative estimate of drug-likeness (QED) is 0.145. The van der Waals surface area contributed by atoms with Gasteiger partial charge in [-0.15, -0.1) is 0 Å². The Bertz CT molecular complexity index is 531. The molecule has 192 valence electrons. The van der Waals surface area contributed by atoms with Gasteiger partial charge >= 0.3 is 6.16 Å². The Hall–Kier alpha value is -1.30. The van der Waals surface area contributed by atoms with Gasteiger partial charge in [0.15, 0.2) is 6.10 Å². The number of hydrogen-bond donors (Lipinski definition) is 0. The molecule has 1 unspecified atom stereocenters. The van der Waals surface area contributed by atoms with Crippen molar-refractivity contribution < 1.29 is 28.7 Å². The number of carbonyl (C=O) groups is 2. The highest BCUT2D eigenvalue weighted by molar-refractivity contribution is 5.64. The van der Waals surface area contributed by atoms with Crippen molar-refractivity contribution in [3.63, 3.8) is 0 Å². The van der Waals surface area contributed by atoms with Gasteiger partial charge in [-0.3, -0.25) is 0 Å². The maximum absolute atomic E-state index is 12.2. The number of fused-ring (bicyclic) bond motifs is 3. The summed E-state index contributed by atoms with van der Waals surface area (Å²) in [6, 6.07) is 0. The van der Waals surface area contributed by atoms with Crippen molar-refractivity contribution in [1.29, 1.82) is 0 Å². The Labute approximate surface area is 202 Å². The molecule has 3 aliphatic rings. The fourth-order valence-electron chi connectivity index (χ4n) is 5.58. The van der Waals surface area contributed by atoms with E-state index in [1.54, 1.807) is 0 Å². The van der Waals surface area contributed by atoms with Crippen LogP contribution in [0.4, 0.5) is 4.79 Å². The average molecular weight is 468 g/mol. The topological polar surface area (TPSA) is 75.7 Å². The number of rotatable bonds is 19. The fourth-order valence-corrected chi connectivity index (χ4v) is 5.58. The van der Waals surface area contributed by atoms with E-state index >= 15 is 0 Å². The molecule has 3 heterocycles. The van der Waals surface area contributed by atoms with Crippen LogP contribution in [0, 0.1) is 5.92 Å². The number of hydrogen-bond acceptors (Lipinski definition) is 5. The summed E-state index contributed by atoms with van der Waals surface area (Å²) < 4.78 is 11.9. The monoisotopic (exact) mass is 467 g/mol. The van der Waals surface area contributed by atoms with Crippen molar-refractivity contribution in [2.45, 2.75) is 122 Å². The van der Waals surface area contributed by atoms with Crippen LogP contribution in [0.1, 0.15) is 116 Å². The van der Waals surface area contributed by atoms with Gasteiger partial charge in [0.1, 0.15) is 6.54 Å². The van der Waals surface area contributed by atoms with E-state index in [0.29, 0.717) is 19.6 Å². The van der Waals surface area contributed by atoms with Gasteiger partial charge in [-0.2, -0.15) is 0 Å². The molecule has 0 aromatic carbocycles. The maximum atomic E-state index is 12.2. The van der Waals surface area contributed by atoms with Gasteiger partial charge in [0, 0.05) is 5.97 Å². The third-order valence-corrected chi connectivity index (χ3v) is 7.78. The number of ether oxygens (including phenoxy) is 2. The van der Waals surface area contributed by atoms with Crippen LogP contribution in [0.15, 0.2) is 0 Å². The van der Waals surface area contributed by atoms with Crippen LogP contribution in [0.2, 0.25) is 0 Å². The lowest BCUT2D eigenvalue weighted by Gasteiger charge is -2.50. The van der Waals surface area contributed by atoms with Crippen LogP contribution in [0.3, 0.4) is 0 Å². The maximum Gasteiger partial charge on any atom is 0.508 e. The first-order valence-corrected chi connectivity index (χ1v) is 13.9. The molecule has 3 saturated heterocycles. The van der Waals surface area contributed by atoms with Crippen LogP contribution in [-0.2, 0) is 14.3 Å². The molecule has 3 rings (SSSR count). The zero-order valence-corrected chi connectivity index (χ0v) is 21.2. The molecule has 0 spiro atoms. The first kappa shape index (κ1) is 27.9. The van der Waals surface area contributed by atoms with Gasteiger partial charge in [-0.1, -0.05) is 77.6 Å². The molecule has 0 saturated carbocycles. The minimum absolute atomic E-state index is 0.0840. The lowest BCUT2D eigenvalue weighted by molar-refractivity contribution is -0.945. The highest BCUT2D eigenvalue weighted by Crippen LogP contribution is 2.34. The summed E-state index contributed by atoms with van der Waals surface area (Å²) in [4.78, 5) is 23.2. The van der Waals surface area contributed by atoms with Crippen LogP contribution >= 0.6 is 0 Å². The number of carboxylic acid groups (broad SMARTS) is 1. The summed E-state index contributed by atoms with van der Waals surface area (Å²) in [5.41, 5.74) is 0. The second-order valence-corrected chi connectivity index (χ2v) is 10.6. The van der Waals surface area contributed by atoms with E-state index in [1.807, 2.05) is 0 Å². The highest BCUT2D eigenvalue weighted by Gasteiger charge is 2.41. The zero-order valence-electron chi connectivity index (χ0n) is 21.2. The van der Waals surface area contributed by atoms with Crippen molar-refractivity contribution in [2.75, 3.05) is 32.8 Å². The van der Waals surface area contributed by atoms with Gasteiger partial charge in [-0.05, 0) is 44.4 Å². The summed E-state index contributed by atoms with van der Waals surface area (Å²) in [7, 11) is 0. The number of carboxylic acids is 1. The number of unbranched alkanes of at least 4 members (excludes halogenated alkanes) is 11. The molecule has 33 heavy (non-hydrogen) atoms. The second kappa shape index (κ2) is 16.3. The summed E-state index contributed by atoms with van der Waals surface area (Å²) in [5.74, 6) is -0.237. The second-order valence-electron chi connectivity index (χ2n) is 10.6. The lowest BCUT2D eigenvalue weighted by Crippen LogP contribution is -2.61. The van der Waals surface area contributed by atoms with E-state index in [2.05, 4.69) is 6.92 Å². The minimum atomic E-state index is -1.09. The normalized spacial score (nSPS) is 22.8. The number of quaternary nitrogens is 1. The third-order valence-electron chi connectivity index (χ3n) is 7.78. The molecule has 3 aliphatic heterocycles. The largest absolute Gasteiger partial charge is 0.550 e. The molecule has 6 heteroatoms. The molecule has 0 aromatic heterocycles. The van der Waals surface area contributed by atoms with Gasteiger partial charge in [0.2, 0.25) is 0 Å². The summed E-state index contributed by atoms with van der Waals surface area (Å²) in [6.45, 7) is 6.68. The molecular weight excluding hydrogens is 418 g/mol. The summed E-state index contributed by atoms with van der Waals surface area (Å²) in [5, 5.41) is 11.0. The van der Waals surface area contributed by atoms with Crippen molar-refractivity contribution in [3.05, 3.63) is 0 Å². The van der Waals surface area contributed by atoms with Crippen LogP contribution in [0.5, 0.6) is 0 Å². The van der Waals surface area contributed by atoms with E-state index < -0.39 is 18.2 Å². The Balaban J connectivity index is 1.53. The number of aliphatic carboxylic acids is 1. The molecule has 0 N–H and O–H groups in total. The number of piperidine rings is 3. The van der Waals surface area contributed by atoms with E-state index in [1.165, 1.54) is 83.5 Å². The smallest absolute Gasteiger partial charge is 0.508 e.